The zero-order valence-electron chi connectivity index (χ0n) is 26.3. The lowest BCUT2D eigenvalue weighted by Crippen LogP contribution is -2.48. The molecule has 46 heavy (non-hydrogen) atoms. The van der Waals surface area contributed by atoms with Gasteiger partial charge in [0.25, 0.3) is 5.91 Å². The summed E-state index contributed by atoms with van der Waals surface area (Å²) >= 11 is 12.4. The first-order chi connectivity index (χ1) is 21.9. The monoisotopic (exact) mass is 668 g/mol. The van der Waals surface area contributed by atoms with Crippen LogP contribution in [-0.2, 0) is 19.1 Å². The summed E-state index contributed by atoms with van der Waals surface area (Å²) in [4.78, 5) is 44.2. The Morgan fingerprint density at radius 3 is 2.22 bits per heavy atom. The molecule has 1 atom stereocenters. The predicted molar refractivity (Wildman–Crippen MR) is 179 cm³/mol. The normalized spacial score (nSPS) is 15.9. The number of morpholine rings is 1. The summed E-state index contributed by atoms with van der Waals surface area (Å²) in [5, 5.41) is 3.32. The molecule has 0 saturated carbocycles. The van der Waals surface area contributed by atoms with Crippen LogP contribution in [0.5, 0.6) is 5.75 Å². The van der Waals surface area contributed by atoms with E-state index in [4.69, 9.17) is 37.4 Å². The molecule has 0 bridgehead atoms. The van der Waals surface area contributed by atoms with Crippen molar-refractivity contribution in [3.05, 3.63) is 76.3 Å². The van der Waals surface area contributed by atoms with Crippen molar-refractivity contribution in [3.8, 4) is 16.9 Å². The van der Waals surface area contributed by atoms with Crippen molar-refractivity contribution in [3.63, 3.8) is 0 Å². The summed E-state index contributed by atoms with van der Waals surface area (Å²) in [7, 11) is 1.76. The van der Waals surface area contributed by atoms with Crippen LogP contribution in [0.15, 0.2) is 60.7 Å². The number of rotatable bonds is 8. The molecule has 1 unspecified atom stereocenters. The second-order valence-electron chi connectivity index (χ2n) is 12.3. The summed E-state index contributed by atoms with van der Waals surface area (Å²) in [6.45, 7) is 8.45. The molecule has 3 aromatic rings. The van der Waals surface area contributed by atoms with Crippen molar-refractivity contribution >= 4 is 52.5 Å². The van der Waals surface area contributed by atoms with E-state index in [2.05, 4.69) is 10.2 Å². The van der Waals surface area contributed by atoms with E-state index in [0.29, 0.717) is 41.9 Å². The van der Waals surface area contributed by atoms with Gasteiger partial charge >= 0.3 is 6.09 Å². The van der Waals surface area contributed by atoms with E-state index in [1.807, 2.05) is 69.3 Å². The third kappa shape index (κ3) is 8.30. The molecule has 244 valence electrons. The molecular formula is C34H38Cl2N4O6. The molecule has 0 radical (unpaired) electrons. The molecule has 10 nitrogen and oxygen atoms in total. The van der Waals surface area contributed by atoms with Crippen molar-refractivity contribution in [2.24, 2.45) is 0 Å². The van der Waals surface area contributed by atoms with E-state index in [-0.39, 0.29) is 36.0 Å². The maximum atomic E-state index is 13.8. The number of benzene rings is 3. The number of fused-ring (bicyclic) bond motifs is 1. The molecule has 2 aliphatic rings. The Bertz CT molecular complexity index is 1570. The average molecular weight is 670 g/mol. The van der Waals surface area contributed by atoms with Gasteiger partial charge in [0, 0.05) is 38.4 Å². The third-order valence-corrected chi connectivity index (χ3v) is 8.52. The van der Waals surface area contributed by atoms with Gasteiger partial charge in [0.15, 0.2) is 6.61 Å². The summed E-state index contributed by atoms with van der Waals surface area (Å²) in [5.41, 5.74) is 3.37. The number of nitrogens with zero attached hydrogens (tertiary/aromatic N) is 3. The van der Waals surface area contributed by atoms with Crippen LogP contribution in [0.25, 0.3) is 11.1 Å². The van der Waals surface area contributed by atoms with Crippen molar-refractivity contribution < 1.29 is 28.6 Å². The van der Waals surface area contributed by atoms with Crippen molar-refractivity contribution in [2.75, 3.05) is 63.3 Å². The highest BCUT2D eigenvalue weighted by molar-refractivity contribution is 6.42. The van der Waals surface area contributed by atoms with E-state index < -0.39 is 11.7 Å². The molecule has 3 aromatic carbocycles. The number of likely N-dealkylation sites (N-methyl/N-ethyl adjacent to an activating group) is 1. The number of hydrogen-bond donors (Lipinski definition) is 1. The minimum absolute atomic E-state index is 0.176. The van der Waals surface area contributed by atoms with Gasteiger partial charge in [-0.2, -0.15) is 0 Å². The first-order valence-corrected chi connectivity index (χ1v) is 15.8. The number of carbonyl (C=O) groups excluding carboxylic acids is 3. The minimum atomic E-state index is -0.585. The molecule has 0 aromatic heterocycles. The second-order valence-corrected chi connectivity index (χ2v) is 13.1. The number of anilines is 2. The molecule has 3 amide bonds. The van der Waals surface area contributed by atoms with Crippen LogP contribution in [0.4, 0.5) is 16.2 Å². The predicted octanol–water partition coefficient (Wildman–Crippen LogP) is 6.26. The largest absolute Gasteiger partial charge is 0.482 e. The van der Waals surface area contributed by atoms with Crippen LogP contribution in [0, 0.1) is 0 Å². The van der Waals surface area contributed by atoms with Crippen LogP contribution >= 0.6 is 23.2 Å². The number of amides is 3. The maximum Gasteiger partial charge on any atom is 0.412 e. The van der Waals surface area contributed by atoms with Crippen molar-refractivity contribution in [1.82, 2.24) is 9.80 Å². The van der Waals surface area contributed by atoms with Gasteiger partial charge in [0.2, 0.25) is 5.91 Å². The fourth-order valence-corrected chi connectivity index (χ4v) is 5.65. The lowest BCUT2D eigenvalue weighted by molar-refractivity contribution is -0.133. The SMILES string of the molecule is CN(C(=O)CN1C(=O)COc2cc(Cl)c(Cl)cc21)C(CN1CCOCC1)c1ccc(-c2ccc(NC(=O)OC(C)(C)C)cc2)cc1. The van der Waals surface area contributed by atoms with Gasteiger partial charge in [-0.15, -0.1) is 0 Å². The number of halogens is 2. The van der Waals surface area contributed by atoms with Crippen LogP contribution < -0.4 is 15.0 Å². The van der Waals surface area contributed by atoms with Crippen molar-refractivity contribution in [2.45, 2.75) is 32.4 Å². The summed E-state index contributed by atoms with van der Waals surface area (Å²) < 4.78 is 16.4. The van der Waals surface area contributed by atoms with Gasteiger partial charge in [0.05, 0.1) is 35.0 Å². The van der Waals surface area contributed by atoms with Crippen LogP contribution in [-0.4, -0.2) is 86.4 Å². The molecule has 0 spiro atoms. The number of carbonyl (C=O) groups is 3. The highest BCUT2D eigenvalue weighted by atomic mass is 35.5. The number of nitrogens with one attached hydrogen (secondary N) is 1. The first-order valence-electron chi connectivity index (χ1n) is 15.1. The standard InChI is InChI=1S/C34H38Cl2N4O6/c1-34(2,3)46-33(43)37-25-11-9-23(10-12-25)22-5-7-24(8-6-22)29(19-39-13-15-44-16-14-39)38(4)31(41)20-40-28-17-26(35)27(36)18-30(28)45-21-32(40)42/h5-12,17-18,29H,13-16,19-21H2,1-4H3,(H,37,43). The Labute approximate surface area is 279 Å². The van der Waals surface area contributed by atoms with Gasteiger partial charge in [-0.3, -0.25) is 24.7 Å². The molecule has 5 rings (SSSR count). The zero-order chi connectivity index (χ0) is 33.0. The number of ether oxygens (including phenoxy) is 3. The van der Waals surface area contributed by atoms with E-state index >= 15 is 0 Å². The van der Waals surface area contributed by atoms with Gasteiger partial charge in [-0.1, -0.05) is 59.6 Å². The molecular weight excluding hydrogens is 631 g/mol. The molecule has 12 heteroatoms. The maximum absolute atomic E-state index is 13.8. The Balaban J connectivity index is 1.33. The Hall–Kier alpha value is -3.83. The lowest BCUT2D eigenvalue weighted by atomic mass is 9.99. The van der Waals surface area contributed by atoms with Crippen LogP contribution in [0.3, 0.4) is 0 Å². The Kier molecular flexibility index (Phi) is 10.4. The summed E-state index contributed by atoms with van der Waals surface area (Å²) in [6.07, 6.45) is -0.509. The molecule has 1 fully saturated rings. The fraction of sp³-hybridized carbons (Fsp3) is 0.382. The zero-order valence-corrected chi connectivity index (χ0v) is 27.9. The third-order valence-electron chi connectivity index (χ3n) is 7.79. The number of hydrogen-bond acceptors (Lipinski definition) is 7. The second kappa shape index (κ2) is 14.3. The van der Waals surface area contributed by atoms with Crippen LogP contribution in [0.2, 0.25) is 10.0 Å². The van der Waals surface area contributed by atoms with Crippen molar-refractivity contribution in [1.29, 1.82) is 0 Å². The lowest BCUT2D eigenvalue weighted by Gasteiger charge is -2.37. The Morgan fingerprint density at radius 2 is 1.59 bits per heavy atom. The quantitative estimate of drug-likeness (QED) is 0.302. The average Bonchev–Trinajstić information content (AvgIpc) is 3.02. The molecule has 1 N–H and O–H groups in total. The molecule has 2 aliphatic heterocycles. The fourth-order valence-electron chi connectivity index (χ4n) is 5.34. The Morgan fingerprint density at radius 1 is 0.978 bits per heavy atom. The minimum Gasteiger partial charge on any atom is -0.482 e. The molecule has 0 aliphatic carbocycles. The summed E-state index contributed by atoms with van der Waals surface area (Å²) in [5.74, 6) is -0.171. The smallest absolute Gasteiger partial charge is 0.412 e. The van der Waals surface area contributed by atoms with E-state index in [0.717, 1.165) is 29.8 Å². The first kappa shape index (κ1) is 33.5. The van der Waals surface area contributed by atoms with Gasteiger partial charge in [0.1, 0.15) is 17.9 Å². The molecule has 1 saturated heterocycles. The molecule has 2 heterocycles. The van der Waals surface area contributed by atoms with Crippen LogP contribution in [0.1, 0.15) is 32.4 Å². The van der Waals surface area contributed by atoms with Gasteiger partial charge in [-0.05, 0) is 55.7 Å². The van der Waals surface area contributed by atoms with Gasteiger partial charge < -0.3 is 19.1 Å². The van der Waals surface area contributed by atoms with E-state index in [9.17, 15) is 14.4 Å². The van der Waals surface area contributed by atoms with Gasteiger partial charge in [-0.25, -0.2) is 4.79 Å². The highest BCUT2D eigenvalue weighted by Gasteiger charge is 2.32. The van der Waals surface area contributed by atoms with E-state index in [1.165, 1.54) is 4.90 Å². The summed E-state index contributed by atoms with van der Waals surface area (Å²) in [6, 6.07) is 18.4. The highest BCUT2D eigenvalue weighted by Crippen LogP contribution is 2.39. The topological polar surface area (TPSA) is 101 Å². The van der Waals surface area contributed by atoms with E-state index in [1.54, 1.807) is 24.1 Å².